The molecule has 0 amide bonds. The highest BCUT2D eigenvalue weighted by atomic mass is 32.2. The molecule has 2 rings (SSSR count). The van der Waals surface area contributed by atoms with Gasteiger partial charge in [-0.05, 0) is 52.2 Å². The van der Waals surface area contributed by atoms with Crippen LogP contribution in [0, 0.1) is 5.41 Å². The summed E-state index contributed by atoms with van der Waals surface area (Å²) in [4.78, 5) is 0. The smallest absolute Gasteiger partial charge is 0.123 e. The molecule has 0 saturated carbocycles. The lowest BCUT2D eigenvalue weighted by Crippen LogP contribution is -2.56. The second kappa shape index (κ2) is 26.5. The summed E-state index contributed by atoms with van der Waals surface area (Å²) in [7, 11) is 0. The van der Waals surface area contributed by atoms with Crippen LogP contribution >= 0.6 is 23.9 Å². The summed E-state index contributed by atoms with van der Waals surface area (Å²) < 4.78 is 5.18. The third-order valence-corrected chi connectivity index (χ3v) is 12.9. The molecule has 0 spiro atoms. The average molecular weight is 777 g/mol. The molecule has 1 fully saturated rings. The number of phenols is 1. The number of rotatable bonds is 29. The summed E-state index contributed by atoms with van der Waals surface area (Å²) in [5, 5.41) is 13.8. The summed E-state index contributed by atoms with van der Waals surface area (Å²) in [6.45, 7) is 26.5. The lowest BCUT2D eigenvalue weighted by atomic mass is 9.76. The fraction of sp³-hybridized carbons (Fsp3) is 0.870. The van der Waals surface area contributed by atoms with Gasteiger partial charge in [0.05, 0.1) is 20.0 Å². The van der Waals surface area contributed by atoms with Crippen molar-refractivity contribution in [2.75, 3.05) is 38.1 Å². The Balaban J connectivity index is 1.91. The van der Waals surface area contributed by atoms with Gasteiger partial charge in [-0.25, -0.2) is 13.6 Å². The molecule has 1 saturated heterocycles. The highest BCUT2D eigenvalue weighted by Gasteiger charge is 2.30. The molecule has 0 radical (unpaired) electrons. The van der Waals surface area contributed by atoms with E-state index in [0.29, 0.717) is 5.75 Å². The van der Waals surface area contributed by atoms with Crippen molar-refractivity contribution in [2.45, 2.75) is 215 Å². The highest BCUT2D eigenvalue weighted by Crippen LogP contribution is 2.41. The molecule has 0 aromatic heterocycles. The predicted octanol–water partition coefficient (Wildman–Crippen LogP) is 14.0. The van der Waals surface area contributed by atoms with E-state index in [1.54, 1.807) is 0 Å². The van der Waals surface area contributed by atoms with E-state index in [9.17, 15) is 5.11 Å². The van der Waals surface area contributed by atoms with Crippen LogP contribution in [0.15, 0.2) is 12.1 Å². The van der Waals surface area contributed by atoms with E-state index >= 15 is 0 Å². The van der Waals surface area contributed by atoms with Crippen molar-refractivity contribution in [1.29, 1.82) is 0 Å². The third-order valence-electron chi connectivity index (χ3n) is 10.8. The van der Waals surface area contributed by atoms with Gasteiger partial charge >= 0.3 is 0 Å². The Bertz CT molecular complexity index is 1010. The van der Waals surface area contributed by atoms with E-state index in [2.05, 4.69) is 124 Å². The summed E-state index contributed by atoms with van der Waals surface area (Å²) in [6.07, 6.45) is 28.9. The van der Waals surface area contributed by atoms with Crippen LogP contribution in [0.3, 0.4) is 0 Å². The van der Waals surface area contributed by atoms with Crippen molar-refractivity contribution in [2.24, 2.45) is 5.41 Å². The Morgan fingerprint density at radius 3 is 1.26 bits per heavy atom. The third kappa shape index (κ3) is 21.6. The minimum absolute atomic E-state index is 0.0562. The Morgan fingerprint density at radius 1 is 0.547 bits per heavy atom. The molecule has 1 aliphatic heterocycles. The van der Waals surface area contributed by atoms with Gasteiger partial charge < -0.3 is 5.11 Å². The first-order chi connectivity index (χ1) is 25.2. The number of nitrogens with one attached hydrogen (secondary N) is 1. The SMILES string of the molecule is CCCCCCCCCCCCSN1CN(NCC(C)(C)Cc2cc(C(C)(C)C)c(O)c(C(C)(C)C)c2)CN(SCCCCCCCCCCCC)C1. The van der Waals surface area contributed by atoms with E-state index in [1.807, 2.05) is 0 Å². The molecule has 0 unspecified atom stereocenters. The summed E-state index contributed by atoms with van der Waals surface area (Å²) in [5.74, 6) is 2.92. The van der Waals surface area contributed by atoms with Gasteiger partial charge in [0.2, 0.25) is 0 Å². The highest BCUT2D eigenvalue weighted by molar-refractivity contribution is 7.97. The molecule has 5 nitrogen and oxygen atoms in total. The molecular formula is C46H88N4OS2. The van der Waals surface area contributed by atoms with E-state index in [-0.39, 0.29) is 16.2 Å². The number of nitrogens with zero attached hydrogens (tertiary/aromatic N) is 3. The van der Waals surface area contributed by atoms with E-state index in [0.717, 1.165) is 44.1 Å². The molecule has 0 atom stereocenters. The van der Waals surface area contributed by atoms with Crippen molar-refractivity contribution < 1.29 is 5.11 Å². The van der Waals surface area contributed by atoms with E-state index in [4.69, 9.17) is 0 Å². The van der Waals surface area contributed by atoms with E-state index < -0.39 is 0 Å². The van der Waals surface area contributed by atoms with Crippen molar-refractivity contribution in [3.05, 3.63) is 28.8 Å². The van der Waals surface area contributed by atoms with Gasteiger partial charge in [0.15, 0.2) is 0 Å². The predicted molar refractivity (Wildman–Crippen MR) is 240 cm³/mol. The van der Waals surface area contributed by atoms with Crippen LogP contribution in [0.1, 0.15) is 214 Å². The first-order valence-electron chi connectivity index (χ1n) is 22.3. The van der Waals surface area contributed by atoms with Crippen LogP contribution in [0.4, 0.5) is 0 Å². The van der Waals surface area contributed by atoms with E-state index in [1.165, 1.54) is 145 Å². The van der Waals surface area contributed by atoms with Gasteiger partial charge in [-0.15, -0.1) is 0 Å². The van der Waals surface area contributed by atoms with Crippen LogP contribution in [-0.4, -0.2) is 56.8 Å². The molecule has 1 aliphatic rings. The molecule has 53 heavy (non-hydrogen) atoms. The number of benzene rings is 1. The maximum atomic E-state index is 11.3. The largest absolute Gasteiger partial charge is 0.507 e. The van der Waals surface area contributed by atoms with Gasteiger partial charge in [-0.1, -0.05) is 221 Å². The molecule has 310 valence electrons. The van der Waals surface area contributed by atoms with Gasteiger partial charge in [-0.2, -0.15) is 0 Å². The Labute approximate surface area is 339 Å². The minimum atomic E-state index is -0.111. The Hall–Kier alpha value is -0.440. The molecule has 1 aromatic rings. The normalized spacial score (nSPS) is 15.5. The molecule has 2 N–H and O–H groups in total. The van der Waals surface area contributed by atoms with Crippen molar-refractivity contribution in [3.63, 3.8) is 0 Å². The maximum absolute atomic E-state index is 11.3. The van der Waals surface area contributed by atoms with Crippen molar-refractivity contribution in [3.8, 4) is 5.75 Å². The Kier molecular flexibility index (Phi) is 24.3. The van der Waals surface area contributed by atoms with Crippen molar-refractivity contribution in [1.82, 2.24) is 19.0 Å². The number of hydrogen-bond acceptors (Lipinski definition) is 7. The second-order valence-corrected chi connectivity index (χ2v) is 21.5. The summed E-state index contributed by atoms with van der Waals surface area (Å²) in [5.41, 5.74) is 7.18. The number of hydrazine groups is 1. The lowest BCUT2D eigenvalue weighted by Gasteiger charge is -2.42. The fourth-order valence-corrected chi connectivity index (χ4v) is 9.54. The standard InChI is InChI=1S/C46H88N4OS2/c1-11-13-15-17-19-21-23-25-27-29-31-52-49-37-48(38-50(39-49)53-32-30-28-26-24-22-20-18-16-14-12-2)47-36-46(9,10)35-40-33-41(44(3,4)5)43(51)42(34-40)45(6,7)8/h33-34,47,51H,11-32,35-39H2,1-10H3. The Morgan fingerprint density at radius 2 is 0.906 bits per heavy atom. The summed E-state index contributed by atoms with van der Waals surface area (Å²) in [6, 6.07) is 4.54. The first-order valence-corrected chi connectivity index (χ1v) is 24.2. The maximum Gasteiger partial charge on any atom is 0.123 e. The number of unbranched alkanes of at least 4 members (excludes halogenated alkanes) is 18. The van der Waals surface area contributed by atoms with Gasteiger partial charge in [0, 0.05) is 18.1 Å². The van der Waals surface area contributed by atoms with Crippen LogP contribution in [0.5, 0.6) is 5.75 Å². The number of hydrogen-bond donors (Lipinski definition) is 2. The average Bonchev–Trinajstić information content (AvgIpc) is 3.08. The molecule has 0 aliphatic carbocycles. The van der Waals surface area contributed by atoms with Gasteiger partial charge in [0.25, 0.3) is 0 Å². The van der Waals surface area contributed by atoms with Crippen LogP contribution in [0.2, 0.25) is 0 Å². The number of phenolic OH excluding ortho intramolecular Hbond substituents is 1. The topological polar surface area (TPSA) is 42.0 Å². The van der Waals surface area contributed by atoms with Crippen molar-refractivity contribution >= 4 is 23.9 Å². The molecule has 0 bridgehead atoms. The zero-order chi connectivity index (χ0) is 39.2. The van der Waals surface area contributed by atoms with Gasteiger partial charge in [0.1, 0.15) is 5.75 Å². The minimum Gasteiger partial charge on any atom is -0.507 e. The van der Waals surface area contributed by atoms with Gasteiger partial charge in [-0.3, -0.25) is 5.43 Å². The lowest BCUT2D eigenvalue weighted by molar-refractivity contribution is 0.0232. The van der Waals surface area contributed by atoms with Crippen LogP contribution in [0.25, 0.3) is 0 Å². The second-order valence-electron chi connectivity index (χ2n) is 19.2. The number of aromatic hydroxyl groups is 1. The molecular weight excluding hydrogens is 689 g/mol. The zero-order valence-electron chi connectivity index (χ0n) is 36.9. The van der Waals surface area contributed by atoms with Crippen LogP contribution in [-0.2, 0) is 17.3 Å². The molecule has 1 aromatic carbocycles. The zero-order valence-corrected chi connectivity index (χ0v) is 38.5. The molecule has 1 heterocycles. The summed E-state index contributed by atoms with van der Waals surface area (Å²) >= 11 is 4.12. The molecule has 7 heteroatoms. The fourth-order valence-electron chi connectivity index (χ4n) is 7.40. The first kappa shape index (κ1) is 48.7. The quantitative estimate of drug-likeness (QED) is 0.0620. The monoisotopic (exact) mass is 777 g/mol. The van der Waals surface area contributed by atoms with Crippen LogP contribution < -0.4 is 5.43 Å².